The van der Waals surface area contributed by atoms with Gasteiger partial charge in [-0.15, -0.1) is 0 Å². The zero-order valence-corrected chi connectivity index (χ0v) is 8.68. The second-order valence-electron chi connectivity index (χ2n) is 3.62. The minimum atomic E-state index is 0.320. The van der Waals surface area contributed by atoms with Crippen LogP contribution in [0.3, 0.4) is 0 Å². The number of ether oxygens (including phenoxy) is 1. The lowest BCUT2D eigenvalue weighted by atomic mass is 10.2. The molecule has 0 amide bonds. The first-order valence-electron chi connectivity index (χ1n) is 4.80. The van der Waals surface area contributed by atoms with E-state index in [0.717, 1.165) is 10.9 Å². The maximum atomic E-state index is 10.2. The molecular formula is C11H12N2O2. The molecule has 0 bridgehead atoms. The Balaban J connectivity index is 2.51. The molecule has 2 rings (SSSR count). The first kappa shape index (κ1) is 9.71. The Kier molecular flexibility index (Phi) is 2.41. The van der Waals surface area contributed by atoms with Crippen LogP contribution in [0.15, 0.2) is 24.4 Å². The summed E-state index contributed by atoms with van der Waals surface area (Å²) < 4.78 is 6.70. The van der Waals surface area contributed by atoms with Gasteiger partial charge in [-0.3, -0.25) is 9.48 Å². The van der Waals surface area contributed by atoms with E-state index in [2.05, 4.69) is 18.9 Å². The van der Waals surface area contributed by atoms with E-state index in [9.17, 15) is 4.79 Å². The van der Waals surface area contributed by atoms with Gasteiger partial charge in [-0.1, -0.05) is 0 Å². The molecule has 1 aromatic carbocycles. The zero-order chi connectivity index (χ0) is 10.8. The normalized spacial score (nSPS) is 10.9. The number of fused-ring (bicyclic) bond motifs is 1. The molecule has 0 radical (unpaired) electrons. The first-order chi connectivity index (χ1) is 7.22. The molecule has 1 heterocycles. The van der Waals surface area contributed by atoms with Crippen LogP contribution in [0.2, 0.25) is 0 Å². The highest BCUT2D eigenvalue weighted by Gasteiger charge is 2.06. The molecule has 0 saturated carbocycles. The highest BCUT2D eigenvalue weighted by Crippen LogP contribution is 2.22. The number of hydrogen-bond acceptors (Lipinski definition) is 3. The summed E-state index contributed by atoms with van der Waals surface area (Å²) in [5.41, 5.74) is 1.04. The number of aromatic nitrogens is 2. The fourth-order valence-electron chi connectivity index (χ4n) is 1.57. The lowest BCUT2D eigenvalue weighted by Gasteiger charge is -2.06. The molecule has 0 saturated heterocycles. The van der Waals surface area contributed by atoms with Crippen molar-refractivity contribution in [3.05, 3.63) is 24.4 Å². The van der Waals surface area contributed by atoms with Crippen molar-refractivity contribution in [1.29, 1.82) is 0 Å². The largest absolute Gasteiger partial charge is 0.429 e. The van der Waals surface area contributed by atoms with Crippen LogP contribution in [0.25, 0.3) is 10.9 Å². The van der Waals surface area contributed by atoms with E-state index in [0.29, 0.717) is 18.3 Å². The van der Waals surface area contributed by atoms with Gasteiger partial charge in [-0.25, -0.2) is 0 Å². The summed E-state index contributed by atoms with van der Waals surface area (Å²) in [5.74, 6) is 0.542. The van der Waals surface area contributed by atoms with Crippen molar-refractivity contribution in [1.82, 2.24) is 9.78 Å². The van der Waals surface area contributed by atoms with Crippen LogP contribution in [-0.4, -0.2) is 16.3 Å². The van der Waals surface area contributed by atoms with Gasteiger partial charge in [0.05, 0.1) is 11.7 Å². The standard InChI is InChI=1S/C11H12N2O2/c1-8(2)13-11-4-3-10(15-7-14)5-9(11)6-12-13/h3-8H,1-2H3. The third-order valence-corrected chi connectivity index (χ3v) is 2.24. The fraction of sp³-hybridized carbons (Fsp3) is 0.273. The van der Waals surface area contributed by atoms with E-state index < -0.39 is 0 Å². The van der Waals surface area contributed by atoms with Crippen molar-refractivity contribution in [2.75, 3.05) is 0 Å². The predicted octanol–water partition coefficient (Wildman–Crippen LogP) is 2.15. The summed E-state index contributed by atoms with van der Waals surface area (Å²) in [6.45, 7) is 4.57. The van der Waals surface area contributed by atoms with E-state index in [1.54, 1.807) is 18.3 Å². The van der Waals surface area contributed by atoms with Gasteiger partial charge in [-0.05, 0) is 32.0 Å². The van der Waals surface area contributed by atoms with Crippen LogP contribution in [-0.2, 0) is 4.79 Å². The van der Waals surface area contributed by atoms with E-state index in [1.165, 1.54) is 0 Å². The molecule has 2 aromatic rings. The quantitative estimate of drug-likeness (QED) is 0.719. The number of nitrogens with zero attached hydrogens (tertiary/aromatic N) is 2. The van der Waals surface area contributed by atoms with Crippen LogP contribution in [0.4, 0.5) is 0 Å². The highest BCUT2D eigenvalue weighted by atomic mass is 16.5. The lowest BCUT2D eigenvalue weighted by molar-refractivity contribution is -0.120. The van der Waals surface area contributed by atoms with E-state index in [-0.39, 0.29) is 0 Å². The lowest BCUT2D eigenvalue weighted by Crippen LogP contribution is -2.01. The Bertz CT molecular complexity index is 488. The van der Waals surface area contributed by atoms with E-state index in [1.807, 2.05) is 10.7 Å². The zero-order valence-electron chi connectivity index (χ0n) is 8.68. The van der Waals surface area contributed by atoms with Crippen LogP contribution >= 0.6 is 0 Å². The Morgan fingerprint density at radius 2 is 2.27 bits per heavy atom. The average molecular weight is 204 g/mol. The summed E-state index contributed by atoms with van der Waals surface area (Å²) in [4.78, 5) is 10.2. The van der Waals surface area contributed by atoms with Gasteiger partial charge < -0.3 is 4.74 Å². The molecule has 78 valence electrons. The molecule has 0 fully saturated rings. The van der Waals surface area contributed by atoms with E-state index >= 15 is 0 Å². The molecule has 0 N–H and O–H groups in total. The van der Waals surface area contributed by atoms with Gasteiger partial charge in [0.1, 0.15) is 5.75 Å². The number of carbonyl (C=O) groups is 1. The summed E-state index contributed by atoms with van der Waals surface area (Å²) in [6, 6.07) is 5.79. The van der Waals surface area contributed by atoms with Gasteiger partial charge >= 0.3 is 0 Å². The van der Waals surface area contributed by atoms with E-state index in [4.69, 9.17) is 4.74 Å². The maximum absolute atomic E-state index is 10.2. The fourth-order valence-corrected chi connectivity index (χ4v) is 1.57. The number of hydrogen-bond donors (Lipinski definition) is 0. The number of carbonyl (C=O) groups excluding carboxylic acids is 1. The van der Waals surface area contributed by atoms with Crippen molar-refractivity contribution < 1.29 is 9.53 Å². The van der Waals surface area contributed by atoms with Crippen LogP contribution in [0, 0.1) is 0 Å². The number of benzene rings is 1. The van der Waals surface area contributed by atoms with Crippen LogP contribution in [0.1, 0.15) is 19.9 Å². The monoisotopic (exact) mass is 204 g/mol. The molecule has 0 spiro atoms. The Labute approximate surface area is 87.5 Å². The molecule has 0 unspecified atom stereocenters. The topological polar surface area (TPSA) is 44.1 Å². The van der Waals surface area contributed by atoms with Crippen LogP contribution < -0.4 is 4.74 Å². The smallest absolute Gasteiger partial charge is 0.298 e. The average Bonchev–Trinajstić information content (AvgIpc) is 2.61. The Morgan fingerprint density at radius 3 is 2.93 bits per heavy atom. The maximum Gasteiger partial charge on any atom is 0.298 e. The molecule has 1 aromatic heterocycles. The number of rotatable bonds is 3. The minimum Gasteiger partial charge on any atom is -0.429 e. The molecule has 15 heavy (non-hydrogen) atoms. The van der Waals surface area contributed by atoms with Gasteiger partial charge in [-0.2, -0.15) is 5.10 Å². The van der Waals surface area contributed by atoms with Crippen LogP contribution in [0.5, 0.6) is 5.75 Å². The molecule has 0 aliphatic heterocycles. The third kappa shape index (κ3) is 1.70. The summed E-state index contributed by atoms with van der Waals surface area (Å²) in [6.07, 6.45) is 1.77. The van der Waals surface area contributed by atoms with Gasteiger partial charge in [0.15, 0.2) is 0 Å². The molecule has 0 aliphatic rings. The highest BCUT2D eigenvalue weighted by molar-refractivity contribution is 5.80. The van der Waals surface area contributed by atoms with Crippen molar-refractivity contribution in [3.63, 3.8) is 0 Å². The van der Waals surface area contributed by atoms with Crippen molar-refractivity contribution in [2.45, 2.75) is 19.9 Å². The predicted molar refractivity (Wildman–Crippen MR) is 56.8 cm³/mol. The Hall–Kier alpha value is -1.84. The Morgan fingerprint density at radius 1 is 1.47 bits per heavy atom. The van der Waals surface area contributed by atoms with Gasteiger partial charge in [0.25, 0.3) is 6.47 Å². The summed E-state index contributed by atoms with van der Waals surface area (Å²) in [7, 11) is 0. The first-order valence-corrected chi connectivity index (χ1v) is 4.80. The van der Waals surface area contributed by atoms with Crippen molar-refractivity contribution >= 4 is 17.4 Å². The second-order valence-corrected chi connectivity index (χ2v) is 3.62. The minimum absolute atomic E-state index is 0.320. The molecule has 0 aliphatic carbocycles. The van der Waals surface area contributed by atoms with Crippen molar-refractivity contribution in [2.24, 2.45) is 0 Å². The molecule has 4 nitrogen and oxygen atoms in total. The summed E-state index contributed by atoms with van der Waals surface area (Å²) >= 11 is 0. The SMILES string of the molecule is CC(C)n1ncc2cc(OC=O)ccc21. The van der Waals surface area contributed by atoms with Gasteiger partial charge in [0.2, 0.25) is 0 Å². The molecule has 0 atom stereocenters. The third-order valence-electron chi connectivity index (χ3n) is 2.24. The van der Waals surface area contributed by atoms with Crippen molar-refractivity contribution in [3.8, 4) is 5.75 Å². The second kappa shape index (κ2) is 3.73. The summed E-state index contributed by atoms with van der Waals surface area (Å²) in [5, 5.41) is 5.24. The molecular weight excluding hydrogens is 192 g/mol. The van der Waals surface area contributed by atoms with Gasteiger partial charge in [0, 0.05) is 11.4 Å². The molecule has 4 heteroatoms.